The molecule has 1 amide bonds. The van der Waals surface area contributed by atoms with E-state index in [-0.39, 0.29) is 18.3 Å². The summed E-state index contributed by atoms with van der Waals surface area (Å²) in [6.45, 7) is 2.39. The lowest BCUT2D eigenvalue weighted by Gasteiger charge is -2.24. The average molecular weight is 537 g/mol. The third-order valence-corrected chi connectivity index (χ3v) is 7.08. The van der Waals surface area contributed by atoms with Crippen LogP contribution in [0.2, 0.25) is 0 Å². The van der Waals surface area contributed by atoms with Gasteiger partial charge in [-0.15, -0.1) is 0 Å². The summed E-state index contributed by atoms with van der Waals surface area (Å²) in [5.41, 5.74) is 3.53. The van der Waals surface area contributed by atoms with Crippen LogP contribution in [0.1, 0.15) is 30.1 Å². The Kier molecular flexibility index (Phi) is 8.58. The van der Waals surface area contributed by atoms with Crippen LogP contribution in [0.4, 0.5) is 10.1 Å². The van der Waals surface area contributed by atoms with Gasteiger partial charge in [0.25, 0.3) is 5.91 Å². The van der Waals surface area contributed by atoms with Crippen LogP contribution in [0.5, 0.6) is 0 Å². The number of nitrogens with one attached hydrogen (secondary N) is 1. The Hall–Kier alpha value is -3.98. The third-order valence-electron chi connectivity index (χ3n) is 6.08. The molecule has 0 saturated heterocycles. The molecule has 4 rings (SSSR count). The molecular weight excluding hydrogens is 507 g/mol. The Morgan fingerprint density at radius 1 is 1.05 bits per heavy atom. The number of hydrogen-bond donors (Lipinski definition) is 1. The van der Waals surface area contributed by atoms with Gasteiger partial charge in [-0.25, -0.2) is 8.60 Å². The molecule has 0 fully saturated rings. The first-order chi connectivity index (χ1) is 18.3. The van der Waals surface area contributed by atoms with Crippen molar-refractivity contribution in [1.82, 2.24) is 5.32 Å². The van der Waals surface area contributed by atoms with Crippen molar-refractivity contribution in [2.75, 3.05) is 30.8 Å². The molecule has 9 heteroatoms. The van der Waals surface area contributed by atoms with Crippen molar-refractivity contribution in [1.29, 1.82) is 0 Å². The maximum Gasteiger partial charge on any atom is 0.305 e. The molecule has 1 heterocycles. The number of furan rings is 1. The summed E-state index contributed by atoms with van der Waals surface area (Å²) in [5.74, 6) is -0.746. The lowest BCUT2D eigenvalue weighted by atomic mass is 9.98. The van der Waals surface area contributed by atoms with Crippen molar-refractivity contribution in [3.8, 4) is 22.5 Å². The lowest BCUT2D eigenvalue weighted by molar-refractivity contribution is -0.143. The molecule has 4 aromatic rings. The van der Waals surface area contributed by atoms with Gasteiger partial charge in [-0.1, -0.05) is 30.3 Å². The second-order valence-corrected chi connectivity index (χ2v) is 9.85. The largest absolute Gasteiger partial charge is 0.466 e. The fourth-order valence-corrected chi connectivity index (χ4v) is 5.14. The number of hydrogen-bond acceptors (Lipinski definition) is 5. The van der Waals surface area contributed by atoms with Gasteiger partial charge < -0.3 is 14.5 Å². The molecule has 1 atom stereocenters. The van der Waals surface area contributed by atoms with E-state index in [4.69, 9.17) is 9.15 Å². The smallest absolute Gasteiger partial charge is 0.305 e. The fraction of sp³-hybridized carbons (Fsp3) is 0.241. The SMILES string of the molecule is CCOC(=O)CCCN(c1cc2oc(-c3ccc(F)cc3)c(C(=O)NC)c2cc1-c1ccccc1)S(C)=O. The molecule has 0 aliphatic heterocycles. The minimum atomic E-state index is -1.43. The molecule has 0 bridgehead atoms. The van der Waals surface area contributed by atoms with Crippen LogP contribution in [-0.2, 0) is 20.5 Å². The average Bonchev–Trinajstić information content (AvgIpc) is 3.29. The van der Waals surface area contributed by atoms with Gasteiger partial charge in [0.15, 0.2) is 0 Å². The fourth-order valence-electron chi connectivity index (χ4n) is 4.33. The first-order valence-corrected chi connectivity index (χ1v) is 13.8. The van der Waals surface area contributed by atoms with Crippen LogP contribution in [-0.4, -0.2) is 42.5 Å². The van der Waals surface area contributed by atoms with E-state index in [9.17, 15) is 18.2 Å². The van der Waals surface area contributed by atoms with Crippen molar-refractivity contribution in [3.63, 3.8) is 0 Å². The topological polar surface area (TPSA) is 88.8 Å². The Balaban J connectivity index is 1.90. The highest BCUT2D eigenvalue weighted by Gasteiger charge is 2.25. The summed E-state index contributed by atoms with van der Waals surface area (Å²) in [7, 11) is 0.107. The molecular formula is C29H29FN2O5S. The zero-order valence-electron chi connectivity index (χ0n) is 21.5. The molecule has 1 aromatic heterocycles. The van der Waals surface area contributed by atoms with Gasteiger partial charge in [-0.05, 0) is 49.2 Å². The minimum absolute atomic E-state index is 0.195. The summed E-state index contributed by atoms with van der Waals surface area (Å²) in [5, 5.41) is 3.24. The molecule has 0 spiro atoms. The molecule has 1 unspecified atom stereocenters. The van der Waals surface area contributed by atoms with Crippen LogP contribution < -0.4 is 9.62 Å². The number of fused-ring (bicyclic) bond motifs is 1. The van der Waals surface area contributed by atoms with Crippen LogP contribution in [0, 0.1) is 5.82 Å². The molecule has 198 valence electrons. The van der Waals surface area contributed by atoms with Crippen molar-refractivity contribution in [2.24, 2.45) is 0 Å². The predicted octanol–water partition coefficient (Wildman–Crippen LogP) is 5.71. The normalized spacial score (nSPS) is 11.8. The number of ether oxygens (including phenoxy) is 1. The van der Waals surface area contributed by atoms with Crippen molar-refractivity contribution in [3.05, 3.63) is 78.1 Å². The number of carbonyl (C=O) groups excluding carboxylic acids is 2. The highest BCUT2D eigenvalue weighted by atomic mass is 32.2. The molecule has 3 aromatic carbocycles. The molecule has 7 nitrogen and oxygen atoms in total. The van der Waals surface area contributed by atoms with E-state index >= 15 is 0 Å². The van der Waals surface area contributed by atoms with Crippen LogP contribution in [0.15, 0.2) is 71.1 Å². The number of esters is 1. The maximum atomic E-state index is 13.6. The van der Waals surface area contributed by atoms with E-state index in [1.165, 1.54) is 19.2 Å². The zero-order valence-corrected chi connectivity index (χ0v) is 22.3. The number of nitrogens with zero attached hydrogens (tertiary/aromatic N) is 1. The Labute approximate surface area is 223 Å². The standard InChI is InChI=1S/C29H29FN2O5S/c1-4-36-26(33)11-8-16-32(38(3)35)24-18-25-23(17-22(24)19-9-6-5-7-10-19)27(29(34)31-2)28(37-25)20-12-14-21(30)15-13-20/h5-7,9-10,12-15,17-18H,4,8,11,16H2,1-3H3,(H,31,34). The Morgan fingerprint density at radius 2 is 1.76 bits per heavy atom. The van der Waals surface area contributed by atoms with Crippen LogP contribution >= 0.6 is 0 Å². The summed E-state index contributed by atoms with van der Waals surface area (Å²) in [6, 6.07) is 18.9. The molecule has 0 aliphatic carbocycles. The monoisotopic (exact) mass is 536 g/mol. The van der Waals surface area contributed by atoms with E-state index in [0.717, 1.165) is 11.1 Å². The van der Waals surface area contributed by atoms with E-state index in [1.54, 1.807) is 35.7 Å². The van der Waals surface area contributed by atoms with Gasteiger partial charge in [0, 0.05) is 48.8 Å². The summed E-state index contributed by atoms with van der Waals surface area (Å²) < 4.78 is 39.5. The number of carbonyl (C=O) groups is 2. The van der Waals surface area contributed by atoms with Crippen molar-refractivity contribution < 1.29 is 27.3 Å². The van der Waals surface area contributed by atoms with Gasteiger partial charge in [-0.3, -0.25) is 13.9 Å². The number of halogens is 1. The Morgan fingerprint density at radius 3 is 2.39 bits per heavy atom. The highest BCUT2D eigenvalue weighted by molar-refractivity contribution is 7.85. The maximum absolute atomic E-state index is 13.6. The third kappa shape index (κ3) is 5.78. The first kappa shape index (κ1) is 27.1. The molecule has 0 saturated carbocycles. The second-order valence-electron chi connectivity index (χ2n) is 8.56. The Bertz CT molecular complexity index is 1470. The van der Waals surface area contributed by atoms with Gasteiger partial charge in [0.05, 0.1) is 17.9 Å². The van der Waals surface area contributed by atoms with E-state index in [1.807, 2.05) is 36.4 Å². The van der Waals surface area contributed by atoms with Gasteiger partial charge in [-0.2, -0.15) is 0 Å². The quantitative estimate of drug-likeness (QED) is 0.262. The van der Waals surface area contributed by atoms with E-state index < -0.39 is 16.8 Å². The summed E-state index contributed by atoms with van der Waals surface area (Å²) >= 11 is 0. The van der Waals surface area contributed by atoms with E-state index in [2.05, 4.69) is 5.32 Å². The number of amides is 1. The summed E-state index contributed by atoms with van der Waals surface area (Å²) in [6.07, 6.45) is 2.21. The van der Waals surface area contributed by atoms with Crippen LogP contribution in [0.25, 0.3) is 33.4 Å². The lowest BCUT2D eigenvalue weighted by Crippen LogP contribution is -2.27. The zero-order chi connectivity index (χ0) is 27.2. The number of anilines is 1. The van der Waals surface area contributed by atoms with E-state index in [0.29, 0.717) is 53.1 Å². The van der Waals surface area contributed by atoms with Gasteiger partial charge in [0.2, 0.25) is 0 Å². The molecule has 0 radical (unpaired) electrons. The van der Waals surface area contributed by atoms with Crippen molar-refractivity contribution in [2.45, 2.75) is 19.8 Å². The van der Waals surface area contributed by atoms with Gasteiger partial charge >= 0.3 is 5.97 Å². The van der Waals surface area contributed by atoms with Gasteiger partial charge in [0.1, 0.15) is 28.1 Å². The first-order valence-electron chi connectivity index (χ1n) is 12.2. The number of rotatable bonds is 10. The minimum Gasteiger partial charge on any atom is -0.466 e. The summed E-state index contributed by atoms with van der Waals surface area (Å²) in [4.78, 5) is 24.9. The number of benzene rings is 3. The predicted molar refractivity (Wildman–Crippen MR) is 148 cm³/mol. The van der Waals surface area contributed by atoms with Crippen molar-refractivity contribution >= 4 is 39.5 Å². The second kappa shape index (κ2) is 12.0. The highest BCUT2D eigenvalue weighted by Crippen LogP contribution is 2.41. The molecule has 38 heavy (non-hydrogen) atoms. The van der Waals surface area contributed by atoms with Crippen LogP contribution in [0.3, 0.4) is 0 Å². The molecule has 1 N–H and O–H groups in total. The molecule has 0 aliphatic rings.